The fourth-order valence-corrected chi connectivity index (χ4v) is 3.15. The summed E-state index contributed by atoms with van der Waals surface area (Å²) in [6.07, 6.45) is 6.46. The number of benzene rings is 1. The normalized spacial score (nSPS) is 13.1. The summed E-state index contributed by atoms with van der Waals surface area (Å²) in [6, 6.07) is 2.62. The quantitative estimate of drug-likeness (QED) is 0.659. The third kappa shape index (κ3) is 2.83. The molecular formula is C16H18N2O5S. The van der Waals surface area contributed by atoms with Gasteiger partial charge in [0.1, 0.15) is 6.73 Å². The molecular weight excluding hydrogens is 332 g/mol. The first-order valence-corrected chi connectivity index (χ1v) is 10.4. The number of aromatic amines is 1. The molecule has 0 amide bonds. The van der Waals surface area contributed by atoms with E-state index in [0.717, 1.165) is 10.3 Å². The van der Waals surface area contributed by atoms with Crippen molar-refractivity contribution in [3.63, 3.8) is 0 Å². The smallest absolute Gasteiger partial charge is 0.263 e. The summed E-state index contributed by atoms with van der Waals surface area (Å²) in [5, 5.41) is 0.514. The number of nitrogens with zero attached hydrogens (tertiary/aromatic N) is 1. The van der Waals surface area contributed by atoms with Gasteiger partial charge in [-0.2, -0.15) is 0 Å². The highest BCUT2D eigenvalue weighted by Gasteiger charge is 2.17. The van der Waals surface area contributed by atoms with Crippen molar-refractivity contribution in [3.8, 4) is 0 Å². The maximum absolute atomic E-state index is 12.4. The van der Waals surface area contributed by atoms with Crippen molar-refractivity contribution in [1.29, 1.82) is 0 Å². The number of hydrogen-bond acceptors (Lipinski definition) is 5. The fraction of sp³-hybridized carbons (Fsp3) is 0.375. The maximum Gasteiger partial charge on any atom is 0.263 e. The van der Waals surface area contributed by atoms with Crippen LogP contribution in [-0.4, -0.2) is 40.7 Å². The molecule has 0 radical (unpaired) electrons. The van der Waals surface area contributed by atoms with Crippen molar-refractivity contribution in [2.45, 2.75) is 6.73 Å². The molecule has 0 aliphatic carbocycles. The zero-order valence-electron chi connectivity index (χ0n) is 13.7. The number of hydrogen-bond donors (Lipinski definition) is 1. The molecule has 1 aromatic carbocycles. The topological polar surface area (TPSA) is 98.2 Å². The van der Waals surface area contributed by atoms with Gasteiger partial charge in [0, 0.05) is 5.75 Å². The van der Waals surface area contributed by atoms with Gasteiger partial charge in [-0.3, -0.25) is 24.2 Å². The van der Waals surface area contributed by atoms with E-state index < -0.39 is 32.3 Å². The van der Waals surface area contributed by atoms with E-state index in [9.17, 15) is 19.2 Å². The zero-order valence-corrected chi connectivity index (χ0v) is 14.5. The molecule has 7 nitrogen and oxygen atoms in total. The second kappa shape index (κ2) is 5.71. The van der Waals surface area contributed by atoms with E-state index in [1.165, 1.54) is 12.1 Å². The lowest BCUT2D eigenvalue weighted by molar-refractivity contribution is 0.0862. The van der Waals surface area contributed by atoms with E-state index in [1.807, 2.05) is 0 Å². The standard InChI is InChI=1S/C16H18N2O5S/c1-24(2,3)5-4-23-8-18-15(21)11-6-9-10(7-12(11)16(18)22)14(20)17-13(9)19/h6-7H,4-5,8H2,1-3H3,(H,17,19,20). The van der Waals surface area contributed by atoms with E-state index in [1.54, 1.807) is 0 Å². The van der Waals surface area contributed by atoms with Crippen LogP contribution in [0.5, 0.6) is 0 Å². The molecule has 8 heteroatoms. The first-order valence-electron chi connectivity index (χ1n) is 7.33. The molecule has 0 aliphatic rings. The molecule has 1 N–H and O–H groups in total. The summed E-state index contributed by atoms with van der Waals surface area (Å²) < 4.78 is 6.47. The number of nitrogens with one attached hydrogen (secondary N) is 1. The molecule has 2 heterocycles. The molecule has 2 aromatic heterocycles. The van der Waals surface area contributed by atoms with E-state index in [2.05, 4.69) is 23.8 Å². The Labute approximate surface area is 137 Å². The summed E-state index contributed by atoms with van der Waals surface area (Å²) in [6.45, 7) is 0.330. The second-order valence-electron chi connectivity index (χ2n) is 6.60. The predicted octanol–water partition coefficient (Wildman–Crippen LogP) is 0.107. The minimum atomic E-state index is -0.715. The van der Waals surface area contributed by atoms with Crippen LogP contribution in [0.1, 0.15) is 0 Å². The molecule has 0 bridgehead atoms. The minimum absolute atomic E-state index is 0.124. The molecule has 0 spiro atoms. The van der Waals surface area contributed by atoms with Crippen LogP contribution in [-0.2, 0) is 11.5 Å². The Bertz CT molecular complexity index is 1050. The van der Waals surface area contributed by atoms with Crippen LogP contribution < -0.4 is 22.2 Å². The number of ether oxygens (including phenoxy) is 1. The van der Waals surface area contributed by atoms with E-state index >= 15 is 0 Å². The average molecular weight is 350 g/mol. The van der Waals surface area contributed by atoms with Crippen LogP contribution in [0.4, 0.5) is 0 Å². The second-order valence-corrected chi connectivity index (χ2v) is 11.2. The lowest BCUT2D eigenvalue weighted by Gasteiger charge is -2.24. The summed E-state index contributed by atoms with van der Waals surface area (Å²) in [5.41, 5.74) is -2.12. The van der Waals surface area contributed by atoms with Crippen LogP contribution in [0, 0.1) is 0 Å². The van der Waals surface area contributed by atoms with Gasteiger partial charge < -0.3 is 4.74 Å². The molecule has 0 fully saturated rings. The first-order chi connectivity index (χ1) is 11.2. The van der Waals surface area contributed by atoms with Gasteiger partial charge in [-0.15, -0.1) is 0 Å². The Hall–Kier alpha value is -2.19. The van der Waals surface area contributed by atoms with Crippen LogP contribution in [0.2, 0.25) is 0 Å². The zero-order chi connectivity index (χ0) is 17.6. The first kappa shape index (κ1) is 16.7. The van der Waals surface area contributed by atoms with Crippen molar-refractivity contribution >= 4 is 31.6 Å². The SMILES string of the molecule is CS(C)(C)CCOCn1c(=O)c2cc3c(=O)[nH]c(=O)c3cc2c1=O. The van der Waals surface area contributed by atoms with Crippen molar-refractivity contribution < 1.29 is 4.74 Å². The lowest BCUT2D eigenvalue weighted by Crippen LogP contribution is -2.27. The van der Waals surface area contributed by atoms with Gasteiger partial charge in [0.05, 0.1) is 28.2 Å². The predicted molar refractivity (Wildman–Crippen MR) is 97.4 cm³/mol. The molecule has 3 aromatic rings. The maximum atomic E-state index is 12.4. The van der Waals surface area contributed by atoms with Gasteiger partial charge in [-0.1, -0.05) is 0 Å². The molecule has 128 valence electrons. The molecule has 24 heavy (non-hydrogen) atoms. The van der Waals surface area contributed by atoms with Crippen LogP contribution in [0.15, 0.2) is 31.3 Å². The van der Waals surface area contributed by atoms with E-state index in [4.69, 9.17) is 4.74 Å². The summed E-state index contributed by atoms with van der Waals surface area (Å²) >= 11 is 0. The number of rotatable bonds is 5. The molecule has 0 saturated heterocycles. The van der Waals surface area contributed by atoms with Crippen LogP contribution in [0.3, 0.4) is 0 Å². The summed E-state index contributed by atoms with van der Waals surface area (Å²) in [4.78, 5) is 50.3. The largest absolute Gasteiger partial charge is 0.360 e. The van der Waals surface area contributed by atoms with Crippen molar-refractivity contribution in [3.05, 3.63) is 53.5 Å². The van der Waals surface area contributed by atoms with Crippen LogP contribution >= 0.6 is 10.0 Å². The van der Waals surface area contributed by atoms with Gasteiger partial charge >= 0.3 is 0 Å². The molecule has 0 atom stereocenters. The Morgan fingerprint density at radius 1 is 0.917 bits per heavy atom. The molecule has 3 rings (SSSR count). The van der Waals surface area contributed by atoms with Crippen molar-refractivity contribution in [2.75, 3.05) is 31.1 Å². The minimum Gasteiger partial charge on any atom is -0.360 e. The monoisotopic (exact) mass is 350 g/mol. The summed E-state index contributed by atoms with van der Waals surface area (Å²) in [5.74, 6) is 0.874. The molecule has 0 saturated carbocycles. The average Bonchev–Trinajstić information content (AvgIpc) is 2.90. The molecule has 0 unspecified atom stereocenters. The number of fused-ring (bicyclic) bond motifs is 2. The van der Waals surface area contributed by atoms with Crippen LogP contribution in [0.25, 0.3) is 21.5 Å². The molecule has 0 aliphatic heterocycles. The van der Waals surface area contributed by atoms with Crippen molar-refractivity contribution in [1.82, 2.24) is 9.55 Å². The third-order valence-electron chi connectivity index (χ3n) is 3.89. The van der Waals surface area contributed by atoms with E-state index in [0.29, 0.717) is 6.61 Å². The van der Waals surface area contributed by atoms with Gasteiger partial charge in [0.2, 0.25) is 0 Å². The van der Waals surface area contributed by atoms with Gasteiger partial charge in [0.25, 0.3) is 22.2 Å². The lowest BCUT2D eigenvalue weighted by atomic mass is 10.1. The van der Waals surface area contributed by atoms with Gasteiger partial charge in [-0.05, 0) is 30.9 Å². The number of H-pyrrole nitrogens is 1. The Kier molecular flexibility index (Phi) is 3.97. The summed E-state index contributed by atoms with van der Waals surface area (Å²) in [7, 11) is -0.715. The fourth-order valence-electron chi connectivity index (χ4n) is 2.53. The third-order valence-corrected chi connectivity index (χ3v) is 5.28. The highest BCUT2D eigenvalue weighted by molar-refractivity contribution is 8.32. The van der Waals surface area contributed by atoms with Crippen molar-refractivity contribution in [2.24, 2.45) is 0 Å². The Morgan fingerprint density at radius 3 is 1.88 bits per heavy atom. The number of aromatic nitrogens is 2. The highest BCUT2D eigenvalue weighted by Crippen LogP contribution is 2.33. The highest BCUT2D eigenvalue weighted by atomic mass is 32.3. The van der Waals surface area contributed by atoms with E-state index in [-0.39, 0.29) is 28.3 Å². The van der Waals surface area contributed by atoms with Gasteiger partial charge in [0.15, 0.2) is 0 Å². The Balaban J connectivity index is 2.01. The Morgan fingerprint density at radius 2 is 1.42 bits per heavy atom. The van der Waals surface area contributed by atoms with Gasteiger partial charge in [-0.25, -0.2) is 14.6 Å².